The lowest BCUT2D eigenvalue weighted by Crippen LogP contribution is -2.16. The zero-order chi connectivity index (χ0) is 17.6. The van der Waals surface area contributed by atoms with Crippen molar-refractivity contribution < 1.29 is 35.8 Å². The number of anilines is 1. The van der Waals surface area contributed by atoms with Gasteiger partial charge in [0.1, 0.15) is 21.2 Å². The van der Waals surface area contributed by atoms with Gasteiger partial charge in [-0.2, -0.15) is 16.8 Å². The number of aromatic hydroxyl groups is 1. The lowest BCUT2D eigenvalue weighted by atomic mass is 10.1. The fraction of sp³-hybridized carbons (Fsp3) is 0.0833. The summed E-state index contributed by atoms with van der Waals surface area (Å²) >= 11 is 0. The summed E-state index contributed by atoms with van der Waals surface area (Å²) in [5.41, 5.74) is -0.841. The van der Waals surface area contributed by atoms with Gasteiger partial charge in [-0.15, -0.1) is 0 Å². The molecular formula is C12H11NO8S2. The molecule has 0 fully saturated rings. The molecule has 0 aromatic heterocycles. The van der Waals surface area contributed by atoms with Gasteiger partial charge in [0.2, 0.25) is 5.91 Å². The number of carbonyl (C=O) groups excluding carboxylic acids is 1. The number of phenolic OH excluding ortho intramolecular Hbond substituents is 1. The Labute approximate surface area is 131 Å². The molecule has 23 heavy (non-hydrogen) atoms. The number of hydrogen-bond acceptors (Lipinski definition) is 6. The van der Waals surface area contributed by atoms with E-state index in [0.717, 1.165) is 13.0 Å². The van der Waals surface area contributed by atoms with Crippen LogP contribution in [0.15, 0.2) is 34.1 Å². The van der Waals surface area contributed by atoms with E-state index >= 15 is 0 Å². The summed E-state index contributed by atoms with van der Waals surface area (Å²) in [7, 11) is -10.3. The van der Waals surface area contributed by atoms with Crippen molar-refractivity contribution in [3.05, 3.63) is 24.3 Å². The van der Waals surface area contributed by atoms with Gasteiger partial charge in [-0.05, 0) is 0 Å². The number of hydrogen-bond donors (Lipinski definition) is 4. The van der Waals surface area contributed by atoms with E-state index in [1.807, 2.05) is 5.32 Å². The number of fused-ring (bicyclic) bond motifs is 1. The molecule has 0 unspecified atom stereocenters. The van der Waals surface area contributed by atoms with Crippen LogP contribution < -0.4 is 5.32 Å². The topological polar surface area (TPSA) is 158 Å². The third kappa shape index (κ3) is 3.12. The maximum Gasteiger partial charge on any atom is 0.298 e. The normalized spacial score (nSPS) is 12.3. The second-order valence-corrected chi connectivity index (χ2v) is 7.28. The lowest BCUT2D eigenvalue weighted by molar-refractivity contribution is -0.114. The molecule has 2 aromatic rings. The summed E-state index contributed by atoms with van der Waals surface area (Å²) in [6, 6.07) is 5.13. The lowest BCUT2D eigenvalue weighted by Gasteiger charge is -2.16. The fourth-order valence-corrected chi connectivity index (χ4v) is 4.33. The van der Waals surface area contributed by atoms with E-state index in [-0.39, 0.29) is 10.8 Å². The van der Waals surface area contributed by atoms with Gasteiger partial charge in [0.05, 0.1) is 0 Å². The number of amides is 1. The van der Waals surface area contributed by atoms with Crippen LogP contribution in [0.3, 0.4) is 0 Å². The molecule has 11 heteroatoms. The fourth-order valence-electron chi connectivity index (χ4n) is 2.16. The van der Waals surface area contributed by atoms with E-state index < -0.39 is 47.4 Å². The molecule has 0 bridgehead atoms. The molecule has 0 aliphatic rings. The standard InChI is InChI=1S/C12H11NO8S2/c1-6(14)13-9-10(15)7-4-2-3-5-8(7)11(22(16,17)18)12(9)23(19,20)21/h2-5,15H,1H3,(H,13,14)(H,16,17,18)(H,19,20,21). The van der Waals surface area contributed by atoms with E-state index in [2.05, 4.69) is 0 Å². The Balaban J connectivity index is 3.23. The van der Waals surface area contributed by atoms with E-state index in [4.69, 9.17) is 0 Å². The molecule has 4 N–H and O–H groups in total. The zero-order valence-electron chi connectivity index (χ0n) is 11.5. The second-order valence-electron chi connectivity index (χ2n) is 4.56. The van der Waals surface area contributed by atoms with Crippen LogP contribution in [0.2, 0.25) is 0 Å². The first kappa shape index (κ1) is 17.1. The van der Waals surface area contributed by atoms with Crippen molar-refractivity contribution in [1.29, 1.82) is 0 Å². The Morgan fingerprint density at radius 2 is 1.43 bits per heavy atom. The number of benzene rings is 2. The van der Waals surface area contributed by atoms with Crippen molar-refractivity contribution in [2.45, 2.75) is 16.7 Å². The van der Waals surface area contributed by atoms with Crippen LogP contribution >= 0.6 is 0 Å². The highest BCUT2D eigenvalue weighted by atomic mass is 32.2. The van der Waals surface area contributed by atoms with Crippen LogP contribution in [0.1, 0.15) is 6.92 Å². The van der Waals surface area contributed by atoms with Crippen LogP contribution in [-0.2, 0) is 25.0 Å². The molecular weight excluding hydrogens is 350 g/mol. The zero-order valence-corrected chi connectivity index (χ0v) is 13.1. The van der Waals surface area contributed by atoms with E-state index in [0.29, 0.717) is 0 Å². The number of nitrogens with one attached hydrogen (secondary N) is 1. The summed E-state index contributed by atoms with van der Waals surface area (Å²) in [6.45, 7) is 0.982. The smallest absolute Gasteiger partial charge is 0.298 e. The van der Waals surface area contributed by atoms with Gasteiger partial charge < -0.3 is 10.4 Å². The summed E-state index contributed by atoms with van der Waals surface area (Å²) in [5, 5.41) is 11.6. The van der Waals surface area contributed by atoms with Crippen LogP contribution in [0, 0.1) is 0 Å². The molecule has 1 amide bonds. The predicted octanol–water partition coefficient (Wildman–Crippen LogP) is 0.997. The van der Waals surface area contributed by atoms with E-state index in [1.54, 1.807) is 0 Å². The van der Waals surface area contributed by atoms with Gasteiger partial charge in [-0.3, -0.25) is 13.9 Å². The molecule has 0 saturated heterocycles. The molecule has 2 rings (SSSR count). The van der Waals surface area contributed by atoms with E-state index in [1.165, 1.54) is 18.2 Å². The summed E-state index contributed by atoms with van der Waals surface area (Å²) < 4.78 is 65.3. The first-order valence-electron chi connectivity index (χ1n) is 5.95. The molecule has 0 heterocycles. The van der Waals surface area contributed by atoms with Gasteiger partial charge in [-0.1, -0.05) is 24.3 Å². The van der Waals surface area contributed by atoms with Crippen molar-refractivity contribution in [2.24, 2.45) is 0 Å². The SMILES string of the molecule is CC(=O)Nc1c(S(=O)(=O)O)c(S(=O)(=O)O)c2ccccc2c1O. The predicted molar refractivity (Wildman–Crippen MR) is 79.5 cm³/mol. The Kier molecular flexibility index (Phi) is 4.07. The van der Waals surface area contributed by atoms with Crippen LogP contribution in [0.25, 0.3) is 10.8 Å². The molecule has 2 aromatic carbocycles. The minimum atomic E-state index is -5.22. The molecule has 9 nitrogen and oxygen atoms in total. The van der Waals surface area contributed by atoms with Crippen molar-refractivity contribution in [1.82, 2.24) is 0 Å². The van der Waals surface area contributed by atoms with Crippen molar-refractivity contribution in [3.8, 4) is 5.75 Å². The molecule has 0 aliphatic heterocycles. The third-order valence-corrected chi connectivity index (χ3v) is 4.91. The van der Waals surface area contributed by atoms with Crippen molar-refractivity contribution in [2.75, 3.05) is 5.32 Å². The molecule has 124 valence electrons. The first-order valence-corrected chi connectivity index (χ1v) is 8.83. The Hall–Kier alpha value is -2.21. The molecule has 0 radical (unpaired) electrons. The summed E-state index contributed by atoms with van der Waals surface area (Å²) in [4.78, 5) is 8.78. The largest absolute Gasteiger partial charge is 0.505 e. The van der Waals surface area contributed by atoms with Gasteiger partial charge in [0.25, 0.3) is 20.2 Å². The molecule has 0 aliphatic carbocycles. The highest BCUT2D eigenvalue weighted by molar-refractivity contribution is 7.89. The maximum atomic E-state index is 11.6. The average molecular weight is 361 g/mol. The average Bonchev–Trinajstić information content (AvgIpc) is 2.38. The van der Waals surface area contributed by atoms with Crippen molar-refractivity contribution in [3.63, 3.8) is 0 Å². The van der Waals surface area contributed by atoms with Gasteiger partial charge in [0.15, 0.2) is 0 Å². The van der Waals surface area contributed by atoms with Crippen LogP contribution in [0.5, 0.6) is 5.75 Å². The molecule has 0 saturated carbocycles. The number of carbonyl (C=O) groups is 1. The highest BCUT2D eigenvalue weighted by Crippen LogP contribution is 2.43. The molecule has 0 atom stereocenters. The first-order chi connectivity index (χ1) is 10.4. The van der Waals surface area contributed by atoms with Gasteiger partial charge >= 0.3 is 0 Å². The summed E-state index contributed by atoms with van der Waals surface area (Å²) in [5.74, 6) is -1.60. The highest BCUT2D eigenvalue weighted by Gasteiger charge is 2.33. The third-order valence-electron chi connectivity index (χ3n) is 2.91. The van der Waals surface area contributed by atoms with Crippen LogP contribution in [-0.4, -0.2) is 37.0 Å². The van der Waals surface area contributed by atoms with Crippen LogP contribution in [0.4, 0.5) is 5.69 Å². The summed E-state index contributed by atoms with van der Waals surface area (Å²) in [6.07, 6.45) is 0. The van der Waals surface area contributed by atoms with E-state index in [9.17, 15) is 35.8 Å². The Bertz CT molecular complexity index is 1020. The van der Waals surface area contributed by atoms with Gasteiger partial charge in [-0.25, -0.2) is 0 Å². The number of rotatable bonds is 3. The van der Waals surface area contributed by atoms with Crippen molar-refractivity contribution >= 4 is 42.6 Å². The Morgan fingerprint density at radius 3 is 1.87 bits per heavy atom. The second kappa shape index (κ2) is 5.45. The number of phenols is 1. The minimum Gasteiger partial charge on any atom is -0.505 e. The maximum absolute atomic E-state index is 11.6. The minimum absolute atomic E-state index is 0.142. The monoisotopic (exact) mass is 361 g/mol. The van der Waals surface area contributed by atoms with Gasteiger partial charge in [0, 0.05) is 17.7 Å². The quantitative estimate of drug-likeness (QED) is 0.465. The molecule has 0 spiro atoms. The Morgan fingerprint density at radius 1 is 0.957 bits per heavy atom.